The van der Waals surface area contributed by atoms with Gasteiger partial charge in [0.1, 0.15) is 12.1 Å². The van der Waals surface area contributed by atoms with Gasteiger partial charge in [-0.1, -0.05) is 48.0 Å². The predicted octanol–water partition coefficient (Wildman–Crippen LogP) is 4.18. The maximum absolute atomic E-state index is 12.5. The molecular weight excluding hydrogens is 360 g/mol. The normalized spacial score (nSPS) is 13.9. The van der Waals surface area contributed by atoms with Crippen molar-refractivity contribution in [1.29, 1.82) is 0 Å². The summed E-state index contributed by atoms with van der Waals surface area (Å²) in [5, 5.41) is 3.48. The van der Waals surface area contributed by atoms with Crippen molar-refractivity contribution in [2.75, 3.05) is 23.3 Å². The van der Waals surface area contributed by atoms with Crippen LogP contribution in [0.4, 0.5) is 11.5 Å². The third-order valence-electron chi connectivity index (χ3n) is 4.68. The summed E-state index contributed by atoms with van der Waals surface area (Å²) in [5.41, 5.74) is 3.63. The van der Waals surface area contributed by atoms with Gasteiger partial charge in [0.2, 0.25) is 5.91 Å². The standard InChI is InChI=1S/C21H19ClN4O/c1-14-7-8-18(17(22)9-14)25-21(27)16-11-26(12-16)20-10-19(23-13-24-20)15-5-3-2-4-6-15/h2-10,13,16H,11-12H2,1H3,(H,25,27). The second-order valence-electron chi connectivity index (χ2n) is 6.70. The van der Waals surface area contributed by atoms with E-state index in [4.69, 9.17) is 11.6 Å². The van der Waals surface area contributed by atoms with Gasteiger partial charge in [-0.05, 0) is 24.6 Å². The van der Waals surface area contributed by atoms with Crippen LogP contribution in [0.1, 0.15) is 5.56 Å². The van der Waals surface area contributed by atoms with Gasteiger partial charge in [-0.25, -0.2) is 9.97 Å². The Hall–Kier alpha value is -2.92. The lowest BCUT2D eigenvalue weighted by atomic mass is 9.98. The summed E-state index contributed by atoms with van der Waals surface area (Å²) in [6, 6.07) is 17.5. The molecule has 4 rings (SSSR count). The topological polar surface area (TPSA) is 58.1 Å². The first-order valence-electron chi connectivity index (χ1n) is 8.79. The van der Waals surface area contributed by atoms with Crippen molar-refractivity contribution in [3.63, 3.8) is 0 Å². The van der Waals surface area contributed by atoms with Crippen LogP contribution in [0.3, 0.4) is 0 Å². The minimum atomic E-state index is -0.0856. The molecule has 0 unspecified atom stereocenters. The first-order chi connectivity index (χ1) is 13.1. The van der Waals surface area contributed by atoms with E-state index < -0.39 is 0 Å². The zero-order valence-corrected chi connectivity index (χ0v) is 15.6. The molecule has 0 spiro atoms. The molecule has 0 atom stereocenters. The summed E-state index contributed by atoms with van der Waals surface area (Å²) in [5.74, 6) is 0.730. The van der Waals surface area contributed by atoms with Crippen molar-refractivity contribution >= 4 is 29.0 Å². The monoisotopic (exact) mass is 378 g/mol. The molecule has 1 aliphatic rings. The number of hydrogen-bond donors (Lipinski definition) is 1. The number of carbonyl (C=O) groups excluding carboxylic acids is 1. The molecule has 1 N–H and O–H groups in total. The third kappa shape index (κ3) is 3.78. The Bertz CT molecular complexity index is 971. The van der Waals surface area contributed by atoms with E-state index in [0.717, 1.165) is 22.6 Å². The number of nitrogens with one attached hydrogen (secondary N) is 1. The molecule has 0 radical (unpaired) electrons. The lowest BCUT2D eigenvalue weighted by Crippen LogP contribution is -2.52. The average molecular weight is 379 g/mol. The van der Waals surface area contributed by atoms with Gasteiger partial charge in [-0.2, -0.15) is 0 Å². The van der Waals surface area contributed by atoms with Gasteiger partial charge in [-0.3, -0.25) is 4.79 Å². The van der Waals surface area contributed by atoms with Gasteiger partial charge in [0.15, 0.2) is 0 Å². The molecule has 1 fully saturated rings. The first-order valence-corrected chi connectivity index (χ1v) is 9.17. The van der Waals surface area contributed by atoms with Crippen LogP contribution in [0.25, 0.3) is 11.3 Å². The molecule has 1 aliphatic heterocycles. The molecule has 5 nitrogen and oxygen atoms in total. The number of nitrogens with zero attached hydrogens (tertiary/aromatic N) is 3. The highest BCUT2D eigenvalue weighted by Gasteiger charge is 2.34. The SMILES string of the molecule is Cc1ccc(NC(=O)C2CN(c3cc(-c4ccccc4)ncn3)C2)c(Cl)c1. The molecule has 2 aromatic carbocycles. The van der Waals surface area contributed by atoms with Crippen LogP contribution in [-0.2, 0) is 4.79 Å². The second-order valence-corrected chi connectivity index (χ2v) is 7.11. The third-order valence-corrected chi connectivity index (χ3v) is 4.99. The largest absolute Gasteiger partial charge is 0.355 e. The van der Waals surface area contributed by atoms with E-state index in [1.807, 2.05) is 61.5 Å². The van der Waals surface area contributed by atoms with Gasteiger partial charge in [0, 0.05) is 24.7 Å². The lowest BCUT2D eigenvalue weighted by Gasteiger charge is -2.39. The van der Waals surface area contributed by atoms with E-state index in [2.05, 4.69) is 20.2 Å². The van der Waals surface area contributed by atoms with Crippen molar-refractivity contribution in [2.24, 2.45) is 5.92 Å². The fourth-order valence-electron chi connectivity index (χ4n) is 3.07. The van der Waals surface area contributed by atoms with Gasteiger partial charge in [0.25, 0.3) is 0 Å². The molecule has 1 amide bonds. The number of carbonyl (C=O) groups is 1. The first kappa shape index (κ1) is 17.5. The molecule has 136 valence electrons. The number of aromatic nitrogens is 2. The predicted molar refractivity (Wildman–Crippen MR) is 108 cm³/mol. The molecule has 0 saturated carbocycles. The summed E-state index contributed by atoms with van der Waals surface area (Å²) in [6.07, 6.45) is 1.57. The lowest BCUT2D eigenvalue weighted by molar-refractivity contribution is -0.120. The molecule has 27 heavy (non-hydrogen) atoms. The van der Waals surface area contributed by atoms with Gasteiger partial charge < -0.3 is 10.2 Å². The van der Waals surface area contributed by atoms with Crippen LogP contribution >= 0.6 is 11.6 Å². The quantitative estimate of drug-likeness (QED) is 0.739. The summed E-state index contributed by atoms with van der Waals surface area (Å²) in [7, 11) is 0. The van der Waals surface area contributed by atoms with Crippen molar-refractivity contribution in [1.82, 2.24) is 9.97 Å². The molecule has 1 saturated heterocycles. The highest BCUT2D eigenvalue weighted by molar-refractivity contribution is 6.33. The van der Waals surface area contributed by atoms with Crippen LogP contribution in [0.5, 0.6) is 0 Å². The number of halogens is 1. The van der Waals surface area contributed by atoms with Crippen LogP contribution in [-0.4, -0.2) is 29.0 Å². The minimum absolute atomic E-state index is 0.0191. The Labute approximate surface area is 163 Å². The fourth-order valence-corrected chi connectivity index (χ4v) is 3.36. The summed E-state index contributed by atoms with van der Waals surface area (Å²) in [4.78, 5) is 23.2. The molecule has 0 aliphatic carbocycles. The molecular formula is C21H19ClN4O. The number of amides is 1. The summed E-state index contributed by atoms with van der Waals surface area (Å²) < 4.78 is 0. The highest BCUT2D eigenvalue weighted by Crippen LogP contribution is 2.28. The van der Waals surface area contributed by atoms with E-state index in [9.17, 15) is 4.79 Å². The molecule has 1 aromatic heterocycles. The smallest absolute Gasteiger partial charge is 0.231 e. The average Bonchev–Trinajstić information content (AvgIpc) is 2.64. The maximum atomic E-state index is 12.5. The van der Waals surface area contributed by atoms with Crippen molar-refractivity contribution < 1.29 is 4.79 Å². The number of aryl methyl sites for hydroxylation is 1. The Kier molecular flexibility index (Phi) is 4.77. The van der Waals surface area contributed by atoms with Crippen LogP contribution in [0.2, 0.25) is 5.02 Å². The Morgan fingerprint density at radius 2 is 1.89 bits per heavy atom. The van der Waals surface area contributed by atoms with E-state index in [0.29, 0.717) is 23.8 Å². The zero-order valence-electron chi connectivity index (χ0n) is 14.9. The van der Waals surface area contributed by atoms with Crippen molar-refractivity contribution in [3.8, 4) is 11.3 Å². The van der Waals surface area contributed by atoms with E-state index in [1.54, 1.807) is 6.33 Å². The van der Waals surface area contributed by atoms with Crippen molar-refractivity contribution in [2.45, 2.75) is 6.92 Å². The zero-order chi connectivity index (χ0) is 18.8. The number of benzene rings is 2. The second kappa shape index (κ2) is 7.37. The van der Waals surface area contributed by atoms with Crippen molar-refractivity contribution in [3.05, 3.63) is 71.5 Å². The summed E-state index contributed by atoms with van der Waals surface area (Å²) >= 11 is 6.20. The fraction of sp³-hybridized carbons (Fsp3) is 0.190. The minimum Gasteiger partial charge on any atom is -0.355 e. The molecule has 0 bridgehead atoms. The van der Waals surface area contributed by atoms with E-state index in [1.165, 1.54) is 0 Å². The maximum Gasteiger partial charge on any atom is 0.231 e. The van der Waals surface area contributed by atoms with Crippen LogP contribution in [0, 0.1) is 12.8 Å². The Balaban J connectivity index is 1.40. The number of hydrogen-bond acceptors (Lipinski definition) is 4. The van der Waals surface area contributed by atoms with E-state index in [-0.39, 0.29) is 11.8 Å². The Morgan fingerprint density at radius 3 is 2.63 bits per heavy atom. The molecule has 3 aromatic rings. The van der Waals surface area contributed by atoms with Gasteiger partial charge in [-0.15, -0.1) is 0 Å². The summed E-state index contributed by atoms with van der Waals surface area (Å²) in [6.45, 7) is 3.22. The highest BCUT2D eigenvalue weighted by atomic mass is 35.5. The van der Waals surface area contributed by atoms with Crippen LogP contribution < -0.4 is 10.2 Å². The van der Waals surface area contributed by atoms with Gasteiger partial charge >= 0.3 is 0 Å². The number of rotatable bonds is 4. The molecule has 2 heterocycles. The van der Waals surface area contributed by atoms with E-state index >= 15 is 0 Å². The van der Waals surface area contributed by atoms with Gasteiger partial charge in [0.05, 0.1) is 22.3 Å². The Morgan fingerprint density at radius 1 is 1.11 bits per heavy atom. The number of anilines is 2. The molecule has 6 heteroatoms. The van der Waals surface area contributed by atoms with Crippen LogP contribution in [0.15, 0.2) is 60.9 Å².